The summed E-state index contributed by atoms with van der Waals surface area (Å²) >= 11 is 3.70. The van der Waals surface area contributed by atoms with Gasteiger partial charge in [0, 0.05) is 133 Å². The zero-order valence-electron chi connectivity index (χ0n) is 75.6. The van der Waals surface area contributed by atoms with Crippen LogP contribution in [-0.2, 0) is 0 Å². The third-order valence-electron chi connectivity index (χ3n) is 28.3. The predicted molar refractivity (Wildman–Crippen MR) is 591 cm³/mol. The van der Waals surface area contributed by atoms with Crippen molar-refractivity contribution >= 4 is 226 Å². The number of nitrogens with zero attached hydrogens (tertiary/aromatic N) is 10. The Morgan fingerprint density at radius 3 is 1.04 bits per heavy atom. The molecule has 0 radical (unpaired) electrons. The van der Waals surface area contributed by atoms with Crippen LogP contribution in [0.2, 0.25) is 0 Å². The highest BCUT2D eigenvalue weighted by molar-refractivity contribution is 7.26. The van der Waals surface area contributed by atoms with Crippen LogP contribution >= 0.6 is 22.7 Å². The van der Waals surface area contributed by atoms with Gasteiger partial charge in [-0.1, -0.05) is 315 Å². The van der Waals surface area contributed by atoms with Crippen molar-refractivity contribution in [2.75, 3.05) is 0 Å². The normalized spacial score (nSPS) is 12.0. The van der Waals surface area contributed by atoms with Crippen LogP contribution in [0.1, 0.15) is 0 Å². The molecule has 656 valence electrons. The third-order valence-corrected chi connectivity index (χ3v) is 30.6. The molecule has 31 aromatic rings. The van der Waals surface area contributed by atoms with Gasteiger partial charge in [0.1, 0.15) is 11.2 Å². The van der Waals surface area contributed by atoms with Gasteiger partial charge < -0.3 is 8.98 Å². The zero-order chi connectivity index (χ0) is 92.4. The van der Waals surface area contributed by atoms with Crippen LogP contribution in [0.5, 0.6) is 0 Å². The van der Waals surface area contributed by atoms with Gasteiger partial charge in [0.25, 0.3) is 0 Å². The summed E-state index contributed by atoms with van der Waals surface area (Å²) in [6.45, 7) is 0. The Balaban J connectivity index is 0.000000101. The van der Waals surface area contributed by atoms with Crippen molar-refractivity contribution < 1.29 is 4.42 Å². The summed E-state index contributed by atoms with van der Waals surface area (Å²) in [4.78, 5) is 31.4. The van der Waals surface area contributed by atoms with E-state index in [1.165, 1.54) is 116 Å². The number of thiophene rings is 2. The van der Waals surface area contributed by atoms with Gasteiger partial charge in [-0.2, -0.15) is 0 Å². The van der Waals surface area contributed by atoms with Gasteiger partial charge in [-0.25, -0.2) is 29.9 Å². The summed E-state index contributed by atoms with van der Waals surface area (Å²) in [6, 6.07) is 164. The lowest BCUT2D eigenvalue weighted by molar-refractivity contribution is 0.669. The van der Waals surface area contributed by atoms with Gasteiger partial charge >= 0.3 is 0 Å². The SMILES string of the molecule is c1ccc(-c2nc(-n3c4ccccc4c4cc(-c5ccc6oc7ccc8ccccc8c7c6c5)ccc43)nc3ccccc23)cc1.c1ccc(-c2nc(-n3c4ccccc4c4cc(-c5ccc6sc7ccc8ccccc8c7c6c5)ccc43)nc3ccccc23)cc1.c1ccc(-n2c3ccccc3c3cc4c5ccccc5n(-c5nc(-c6ccc7sc8ccccc8c7c6)c6ccccc6n5)c4cc32)cc1. The lowest BCUT2D eigenvalue weighted by Crippen LogP contribution is -2.03. The quantitative estimate of drug-likeness (QED) is 0.142. The summed E-state index contributed by atoms with van der Waals surface area (Å²) in [6.07, 6.45) is 0. The van der Waals surface area contributed by atoms with Crippen LogP contribution in [-0.4, -0.2) is 48.2 Å². The number of hydrogen-bond acceptors (Lipinski definition) is 9. The fourth-order valence-corrected chi connectivity index (χ4v) is 24.1. The maximum absolute atomic E-state index is 6.29. The van der Waals surface area contributed by atoms with Crippen molar-refractivity contribution in [2.24, 2.45) is 0 Å². The van der Waals surface area contributed by atoms with Crippen LogP contribution < -0.4 is 0 Å². The maximum atomic E-state index is 6.29. The zero-order valence-corrected chi connectivity index (χ0v) is 77.2. The van der Waals surface area contributed by atoms with E-state index in [0.29, 0.717) is 17.8 Å². The first-order chi connectivity index (χ1) is 69.9. The molecule has 31 rings (SSSR count). The first-order valence-electron chi connectivity index (χ1n) is 47.5. The molecule has 0 saturated heterocycles. The van der Waals surface area contributed by atoms with Crippen molar-refractivity contribution in [3.63, 3.8) is 0 Å². The van der Waals surface area contributed by atoms with Crippen molar-refractivity contribution in [3.05, 3.63) is 461 Å². The fourth-order valence-electron chi connectivity index (χ4n) is 21.9. The molecule has 0 spiro atoms. The highest BCUT2D eigenvalue weighted by atomic mass is 32.1. The van der Waals surface area contributed by atoms with Crippen LogP contribution in [0.25, 0.3) is 283 Å². The van der Waals surface area contributed by atoms with E-state index in [0.717, 1.165) is 149 Å². The van der Waals surface area contributed by atoms with E-state index < -0.39 is 0 Å². The second-order valence-corrected chi connectivity index (χ2v) is 38.4. The van der Waals surface area contributed by atoms with Gasteiger partial charge in [-0.3, -0.25) is 13.7 Å². The molecule has 0 N–H and O–H groups in total. The maximum Gasteiger partial charge on any atom is 0.235 e. The third kappa shape index (κ3) is 12.9. The van der Waals surface area contributed by atoms with Crippen LogP contribution in [0, 0.1) is 0 Å². The molecule has 0 atom stereocenters. The van der Waals surface area contributed by atoms with Crippen LogP contribution in [0.4, 0.5) is 0 Å². The summed E-state index contributed by atoms with van der Waals surface area (Å²) in [7, 11) is 0. The molecule has 10 heterocycles. The minimum atomic E-state index is 0.662. The monoisotopic (exact) mass is 1830 g/mol. The van der Waals surface area contributed by atoms with Gasteiger partial charge in [0.05, 0.1) is 77.8 Å². The first-order valence-corrected chi connectivity index (χ1v) is 49.1. The topological polar surface area (TPSA) is 110 Å². The van der Waals surface area contributed by atoms with Gasteiger partial charge in [0.15, 0.2) is 0 Å². The van der Waals surface area contributed by atoms with E-state index in [4.69, 9.17) is 34.3 Å². The molecule has 0 unspecified atom stereocenters. The van der Waals surface area contributed by atoms with Crippen molar-refractivity contribution in [3.8, 4) is 79.6 Å². The molecule has 0 aliphatic rings. The second-order valence-electron chi connectivity index (χ2n) is 36.3. The van der Waals surface area contributed by atoms with E-state index in [-0.39, 0.29) is 0 Å². The average Bonchev–Trinajstić information content (AvgIpc) is 1.55. The molecule has 11 nitrogen and oxygen atoms in total. The lowest BCUT2D eigenvalue weighted by Gasteiger charge is -2.12. The molecule has 0 amide bonds. The molecular weight excluding hydrogens is 1760 g/mol. The predicted octanol–water partition coefficient (Wildman–Crippen LogP) is 34.6. The Hall–Kier alpha value is -18.4. The lowest BCUT2D eigenvalue weighted by atomic mass is 9.99. The highest BCUT2D eigenvalue weighted by Gasteiger charge is 2.26. The Bertz CT molecular complexity index is 10200. The van der Waals surface area contributed by atoms with Crippen molar-refractivity contribution in [2.45, 2.75) is 0 Å². The molecule has 21 aromatic carbocycles. The minimum Gasteiger partial charge on any atom is -0.456 e. The number of fused-ring (bicyclic) bond motifs is 28. The molecule has 10 aromatic heterocycles. The molecular formula is C128H76N10OS2. The summed E-state index contributed by atoms with van der Waals surface area (Å²) in [5, 5.41) is 25.2. The second kappa shape index (κ2) is 32.1. The summed E-state index contributed by atoms with van der Waals surface area (Å²) in [5.74, 6) is 2.00. The molecule has 0 bridgehead atoms. The smallest absolute Gasteiger partial charge is 0.235 e. The number of rotatable bonds is 9. The van der Waals surface area contributed by atoms with Crippen LogP contribution in [0.15, 0.2) is 465 Å². The van der Waals surface area contributed by atoms with Crippen molar-refractivity contribution in [1.29, 1.82) is 0 Å². The Morgan fingerprint density at radius 1 is 0.170 bits per heavy atom. The highest BCUT2D eigenvalue weighted by Crippen LogP contribution is 2.48. The van der Waals surface area contributed by atoms with E-state index in [9.17, 15) is 0 Å². The number of hydrogen-bond donors (Lipinski definition) is 0. The largest absolute Gasteiger partial charge is 0.456 e. The Labute approximate surface area is 813 Å². The van der Waals surface area contributed by atoms with Gasteiger partial charge in [-0.15, -0.1) is 22.7 Å². The Morgan fingerprint density at radius 2 is 0.504 bits per heavy atom. The number of aromatic nitrogens is 10. The van der Waals surface area contributed by atoms with Gasteiger partial charge in [-0.05, 0) is 189 Å². The molecule has 141 heavy (non-hydrogen) atoms. The van der Waals surface area contributed by atoms with E-state index >= 15 is 0 Å². The number of benzene rings is 21. The van der Waals surface area contributed by atoms with E-state index in [2.05, 4.69) is 449 Å². The van der Waals surface area contributed by atoms with Gasteiger partial charge in [0.2, 0.25) is 17.8 Å². The average molecular weight is 1830 g/mol. The summed E-state index contributed by atoms with van der Waals surface area (Å²) in [5.41, 5.74) is 25.3. The first kappa shape index (κ1) is 79.9. The number of furan rings is 1. The van der Waals surface area contributed by atoms with Crippen LogP contribution in [0.3, 0.4) is 0 Å². The molecule has 13 heteroatoms. The molecule has 0 saturated carbocycles. The fraction of sp³-hybridized carbons (Fsp3) is 0. The Kier molecular flexibility index (Phi) is 18.2. The number of para-hydroxylation sites is 8. The molecule has 0 fully saturated rings. The van der Waals surface area contributed by atoms with Crippen molar-refractivity contribution in [1.82, 2.24) is 48.2 Å². The van der Waals surface area contributed by atoms with E-state index in [1.807, 2.05) is 53.0 Å². The minimum absolute atomic E-state index is 0.662. The summed E-state index contributed by atoms with van der Waals surface area (Å²) < 4.78 is 20.6. The molecule has 0 aliphatic heterocycles. The standard InChI is InChI=1S/C44H26N4S.C42H25N3O.C42H25N3S/c1-2-12-28(13-3-1)47-37-19-9-5-14-29(37)33-25-34-30-15-6-10-20-38(30)48(40(34)26-39(33)47)44-45-36-18-8-4-17-32(36)43(46-44)27-22-23-42-35(24-27)31-16-7-11-21-41(31)49-42;2*1-2-11-27(12-3-1)41-32-15-6-8-16-35(32)43-42(44-41)45-36-17-9-7-14-31(36)33-24-28(18-21-37(33)45)29-20-22-38-34(25-29)40-30-13-5-4-10-26(30)19-23-39(40)46-38/h1-26H;2*1-25H. The van der Waals surface area contributed by atoms with E-state index in [1.54, 1.807) is 0 Å². The molecule has 0 aliphatic carbocycles.